The van der Waals surface area contributed by atoms with Crippen LogP contribution in [0.5, 0.6) is 0 Å². The van der Waals surface area contributed by atoms with E-state index < -0.39 is 0 Å². The molecule has 9 aromatic rings. The molecular formula is C39H22N2S. The van der Waals surface area contributed by atoms with Crippen LogP contribution in [0.15, 0.2) is 133 Å². The largest absolute Gasteiger partial charge is 0.294 e. The van der Waals surface area contributed by atoms with Crippen molar-refractivity contribution in [2.45, 2.75) is 0 Å². The van der Waals surface area contributed by atoms with Crippen molar-refractivity contribution in [2.24, 2.45) is 0 Å². The smallest absolute Gasteiger partial charge is 0.138 e. The SMILES string of the molecule is c1ccc2c(c1)-c1cccc3nc(-n4c5ccccc5c5cc(-c6ccc7sc8ccccc8c7c6)ccc54)cc-2c13. The highest BCUT2D eigenvalue weighted by Gasteiger charge is 2.23. The molecule has 0 aliphatic heterocycles. The molecule has 0 fully saturated rings. The Bertz CT molecular complexity index is 2580. The summed E-state index contributed by atoms with van der Waals surface area (Å²) in [6, 6.07) is 48.7. The van der Waals surface area contributed by atoms with Gasteiger partial charge in [0, 0.05) is 36.3 Å². The Morgan fingerprint density at radius 2 is 1.12 bits per heavy atom. The molecule has 0 saturated heterocycles. The molecule has 3 aromatic heterocycles. The summed E-state index contributed by atoms with van der Waals surface area (Å²) in [5.74, 6) is 0.955. The van der Waals surface area contributed by atoms with E-state index in [0.717, 1.165) is 11.3 Å². The van der Waals surface area contributed by atoms with Crippen molar-refractivity contribution in [2.75, 3.05) is 0 Å². The minimum absolute atomic E-state index is 0.955. The predicted molar refractivity (Wildman–Crippen MR) is 179 cm³/mol. The van der Waals surface area contributed by atoms with Gasteiger partial charge in [0.1, 0.15) is 5.82 Å². The molecule has 0 spiro atoms. The molecular weight excluding hydrogens is 529 g/mol. The van der Waals surface area contributed by atoms with Crippen molar-refractivity contribution < 1.29 is 0 Å². The summed E-state index contributed by atoms with van der Waals surface area (Å²) in [6.07, 6.45) is 0. The second-order valence-electron chi connectivity index (χ2n) is 11.2. The Kier molecular flexibility index (Phi) is 4.36. The van der Waals surface area contributed by atoms with Gasteiger partial charge in [-0.3, -0.25) is 4.57 Å². The van der Waals surface area contributed by atoms with Crippen molar-refractivity contribution in [1.82, 2.24) is 9.55 Å². The van der Waals surface area contributed by atoms with Crippen molar-refractivity contribution in [1.29, 1.82) is 0 Å². The Morgan fingerprint density at radius 3 is 2.02 bits per heavy atom. The minimum Gasteiger partial charge on any atom is -0.294 e. The van der Waals surface area contributed by atoms with Crippen molar-refractivity contribution in [3.63, 3.8) is 0 Å². The van der Waals surface area contributed by atoms with E-state index in [1.807, 2.05) is 11.3 Å². The van der Waals surface area contributed by atoms with Gasteiger partial charge in [-0.25, -0.2) is 4.98 Å². The van der Waals surface area contributed by atoms with Gasteiger partial charge in [-0.2, -0.15) is 0 Å². The third kappa shape index (κ3) is 2.95. The molecule has 10 rings (SSSR count). The van der Waals surface area contributed by atoms with Crippen LogP contribution in [0.3, 0.4) is 0 Å². The molecule has 0 N–H and O–H groups in total. The fourth-order valence-electron chi connectivity index (χ4n) is 7.08. The summed E-state index contributed by atoms with van der Waals surface area (Å²) in [6.45, 7) is 0. The normalized spacial score (nSPS) is 12.3. The summed E-state index contributed by atoms with van der Waals surface area (Å²) in [4.78, 5) is 5.26. The van der Waals surface area contributed by atoms with E-state index in [9.17, 15) is 0 Å². The van der Waals surface area contributed by atoms with E-state index in [1.54, 1.807) is 0 Å². The van der Waals surface area contributed by atoms with Gasteiger partial charge in [0.15, 0.2) is 0 Å². The van der Waals surface area contributed by atoms with Crippen LogP contribution in [0.25, 0.3) is 92.1 Å². The van der Waals surface area contributed by atoms with Gasteiger partial charge in [-0.15, -0.1) is 11.3 Å². The molecule has 3 heteroatoms. The summed E-state index contributed by atoms with van der Waals surface area (Å²) >= 11 is 1.86. The fraction of sp³-hybridized carbons (Fsp3) is 0. The highest BCUT2D eigenvalue weighted by Crippen LogP contribution is 2.47. The molecule has 0 unspecified atom stereocenters. The molecule has 0 saturated carbocycles. The monoisotopic (exact) mass is 550 g/mol. The molecule has 1 aliphatic rings. The maximum Gasteiger partial charge on any atom is 0.138 e. The Balaban J connectivity index is 1.22. The number of nitrogens with zero attached hydrogens (tertiary/aromatic N) is 2. The van der Waals surface area contributed by atoms with Gasteiger partial charge >= 0.3 is 0 Å². The van der Waals surface area contributed by atoms with Crippen molar-refractivity contribution in [3.05, 3.63) is 133 Å². The predicted octanol–water partition coefficient (Wildman–Crippen LogP) is 11.0. The molecule has 1 aliphatic carbocycles. The summed E-state index contributed by atoms with van der Waals surface area (Å²) in [5.41, 5.74) is 11.0. The molecule has 0 bridgehead atoms. The van der Waals surface area contributed by atoms with Crippen molar-refractivity contribution in [3.8, 4) is 39.2 Å². The van der Waals surface area contributed by atoms with E-state index >= 15 is 0 Å². The number of pyridine rings is 1. The first-order valence-electron chi connectivity index (χ1n) is 14.3. The van der Waals surface area contributed by atoms with E-state index in [0.29, 0.717) is 0 Å². The van der Waals surface area contributed by atoms with Gasteiger partial charge in [0.2, 0.25) is 0 Å². The molecule has 3 heterocycles. The lowest BCUT2D eigenvalue weighted by Crippen LogP contribution is -1.98. The highest BCUT2D eigenvalue weighted by molar-refractivity contribution is 7.25. The fourth-order valence-corrected chi connectivity index (χ4v) is 8.17. The van der Waals surface area contributed by atoms with E-state index in [-0.39, 0.29) is 0 Å². The number of rotatable bonds is 2. The lowest BCUT2D eigenvalue weighted by Gasteiger charge is -2.11. The van der Waals surface area contributed by atoms with Crippen LogP contribution < -0.4 is 0 Å². The Hall–Kier alpha value is -5.25. The lowest BCUT2D eigenvalue weighted by atomic mass is 10.0. The average Bonchev–Trinajstić information content (AvgIpc) is 3.69. The molecule has 0 atom stereocenters. The topological polar surface area (TPSA) is 17.8 Å². The van der Waals surface area contributed by atoms with Gasteiger partial charge in [-0.05, 0) is 81.9 Å². The minimum atomic E-state index is 0.955. The van der Waals surface area contributed by atoms with E-state index in [4.69, 9.17) is 4.98 Å². The maximum absolute atomic E-state index is 5.26. The molecule has 0 radical (unpaired) electrons. The third-order valence-electron chi connectivity index (χ3n) is 8.94. The second kappa shape index (κ2) is 8.16. The van der Waals surface area contributed by atoms with Gasteiger partial charge in [0.25, 0.3) is 0 Å². The number of aromatic nitrogens is 2. The number of benzene rings is 6. The first kappa shape index (κ1) is 22.4. The van der Waals surface area contributed by atoms with Crippen LogP contribution in [0.1, 0.15) is 0 Å². The van der Waals surface area contributed by atoms with Gasteiger partial charge < -0.3 is 0 Å². The summed E-state index contributed by atoms with van der Waals surface area (Å²) < 4.78 is 5.01. The summed E-state index contributed by atoms with van der Waals surface area (Å²) in [5, 5.41) is 6.39. The molecule has 6 aromatic carbocycles. The van der Waals surface area contributed by atoms with Crippen LogP contribution >= 0.6 is 11.3 Å². The van der Waals surface area contributed by atoms with Gasteiger partial charge in [-0.1, -0.05) is 84.9 Å². The van der Waals surface area contributed by atoms with E-state index in [1.165, 1.54) is 80.7 Å². The number of thiophene rings is 1. The number of fused-ring (bicyclic) bond motifs is 9. The lowest BCUT2D eigenvalue weighted by molar-refractivity contribution is 1.10. The number of para-hydroxylation sites is 1. The van der Waals surface area contributed by atoms with Crippen LogP contribution in [-0.2, 0) is 0 Å². The second-order valence-corrected chi connectivity index (χ2v) is 12.3. The zero-order chi connectivity index (χ0) is 27.4. The first-order chi connectivity index (χ1) is 20.8. The first-order valence-corrected chi connectivity index (χ1v) is 15.1. The highest BCUT2D eigenvalue weighted by atomic mass is 32.1. The van der Waals surface area contributed by atoms with Crippen LogP contribution in [0, 0.1) is 0 Å². The maximum atomic E-state index is 5.26. The Morgan fingerprint density at radius 1 is 0.452 bits per heavy atom. The average molecular weight is 551 g/mol. The standard InChI is InChI=1S/C39H22N2S/c1-2-9-26-25(8-1)29-12-7-13-33-39(29)32(26)22-38(40-33)41-34-14-5-3-10-27(34)30-20-23(16-18-35(30)41)24-17-19-37-31(21-24)28-11-4-6-15-36(28)42-37/h1-22H. The summed E-state index contributed by atoms with van der Waals surface area (Å²) in [7, 11) is 0. The molecule has 42 heavy (non-hydrogen) atoms. The zero-order valence-electron chi connectivity index (χ0n) is 22.5. The number of hydrogen-bond acceptors (Lipinski definition) is 2. The third-order valence-corrected chi connectivity index (χ3v) is 10.1. The Labute approximate surface area is 245 Å². The van der Waals surface area contributed by atoms with Gasteiger partial charge in [0.05, 0.1) is 16.6 Å². The zero-order valence-corrected chi connectivity index (χ0v) is 23.3. The molecule has 2 nitrogen and oxygen atoms in total. The molecule has 194 valence electrons. The van der Waals surface area contributed by atoms with Crippen LogP contribution in [0.2, 0.25) is 0 Å². The molecule has 0 amide bonds. The number of hydrogen-bond donors (Lipinski definition) is 0. The van der Waals surface area contributed by atoms with Crippen LogP contribution in [0.4, 0.5) is 0 Å². The van der Waals surface area contributed by atoms with Crippen molar-refractivity contribution >= 4 is 64.2 Å². The van der Waals surface area contributed by atoms with E-state index in [2.05, 4.69) is 138 Å². The quantitative estimate of drug-likeness (QED) is 0.209. The van der Waals surface area contributed by atoms with Crippen LogP contribution in [-0.4, -0.2) is 9.55 Å².